The van der Waals surface area contributed by atoms with Gasteiger partial charge in [-0.3, -0.25) is 5.43 Å². The molecule has 1 aromatic carbocycles. The van der Waals surface area contributed by atoms with E-state index >= 15 is 0 Å². The van der Waals surface area contributed by atoms with Crippen LogP contribution in [0.2, 0.25) is 0 Å². The van der Waals surface area contributed by atoms with Crippen LogP contribution in [0.5, 0.6) is 0 Å². The Morgan fingerprint density at radius 2 is 1.68 bits per heavy atom. The number of aromatic nitrogens is 2. The number of unbranched alkanes of at least 4 members (excludes halogenated alkanes) is 8. The molecule has 1 heterocycles. The standard InChI is InChI=1S/C29H50N6OS/c1-4-6-8-10-11-13-17-25(16-12-9-7-5-2)23-31-28(36)33-34-29-32-27(35-37-29)19-20-30-22-26-18-14-15-24(3)21-26/h14-15,18,21,25,30H,4-13,16-17,19-20,22-23H2,1-3H3,(H2,31,33,36)(H,32,34,35). The van der Waals surface area contributed by atoms with Gasteiger partial charge in [-0.1, -0.05) is 108 Å². The number of nitrogens with zero attached hydrogens (tertiary/aromatic N) is 2. The van der Waals surface area contributed by atoms with E-state index in [0.717, 1.165) is 31.9 Å². The van der Waals surface area contributed by atoms with Gasteiger partial charge in [0.15, 0.2) is 0 Å². The van der Waals surface area contributed by atoms with Gasteiger partial charge in [0.2, 0.25) is 5.13 Å². The van der Waals surface area contributed by atoms with Crippen LogP contribution in [0, 0.1) is 12.8 Å². The Morgan fingerprint density at radius 3 is 2.41 bits per heavy atom. The first-order valence-electron chi connectivity index (χ1n) is 14.5. The third kappa shape index (κ3) is 15.0. The zero-order valence-electron chi connectivity index (χ0n) is 23.4. The molecule has 0 radical (unpaired) electrons. The lowest BCUT2D eigenvalue weighted by Gasteiger charge is -2.18. The minimum absolute atomic E-state index is 0.210. The Balaban J connectivity index is 1.63. The molecule has 7 nitrogen and oxygen atoms in total. The van der Waals surface area contributed by atoms with E-state index in [0.29, 0.717) is 11.0 Å². The number of carbonyl (C=O) groups is 1. The summed E-state index contributed by atoms with van der Waals surface area (Å²) in [6, 6.07) is 8.30. The van der Waals surface area contributed by atoms with Crippen LogP contribution in [0.4, 0.5) is 9.93 Å². The first kappa shape index (κ1) is 31.0. The number of carbonyl (C=O) groups excluding carboxylic acids is 1. The average Bonchev–Trinajstić information content (AvgIpc) is 3.35. The number of amides is 2. The molecule has 0 saturated heterocycles. The number of anilines is 1. The molecule has 0 fully saturated rings. The smallest absolute Gasteiger partial charge is 0.333 e. The van der Waals surface area contributed by atoms with Crippen molar-refractivity contribution in [1.82, 2.24) is 25.4 Å². The molecule has 0 spiro atoms. The van der Waals surface area contributed by atoms with Crippen LogP contribution in [0.1, 0.15) is 108 Å². The summed E-state index contributed by atoms with van der Waals surface area (Å²) in [5.74, 6) is 1.33. The molecule has 0 aliphatic carbocycles. The number of hydrogen-bond donors (Lipinski definition) is 4. The highest BCUT2D eigenvalue weighted by molar-refractivity contribution is 7.09. The van der Waals surface area contributed by atoms with E-state index in [1.54, 1.807) is 0 Å². The second-order valence-electron chi connectivity index (χ2n) is 10.2. The molecule has 0 aliphatic rings. The summed E-state index contributed by atoms with van der Waals surface area (Å²) in [6.07, 6.45) is 16.1. The normalized spacial score (nSPS) is 11.9. The van der Waals surface area contributed by atoms with Crippen molar-refractivity contribution in [1.29, 1.82) is 0 Å². The van der Waals surface area contributed by atoms with Gasteiger partial charge in [0.05, 0.1) is 0 Å². The Kier molecular flexibility index (Phi) is 16.7. The SMILES string of the molecule is CCCCCCCCC(CCCCCC)CNC(=O)NNc1nc(CCNCc2cccc(C)c2)ns1. The van der Waals surface area contributed by atoms with Crippen molar-refractivity contribution >= 4 is 22.7 Å². The van der Waals surface area contributed by atoms with Crippen LogP contribution in [0.25, 0.3) is 0 Å². The molecule has 37 heavy (non-hydrogen) atoms. The first-order valence-corrected chi connectivity index (χ1v) is 15.3. The van der Waals surface area contributed by atoms with Crippen LogP contribution >= 0.6 is 11.5 Å². The van der Waals surface area contributed by atoms with E-state index in [1.807, 2.05) is 0 Å². The molecule has 1 aromatic heterocycles. The van der Waals surface area contributed by atoms with Gasteiger partial charge in [0, 0.05) is 37.6 Å². The number of hydrazine groups is 1. The summed E-state index contributed by atoms with van der Waals surface area (Å²) in [6.45, 7) is 8.97. The Labute approximate surface area is 229 Å². The molecular weight excluding hydrogens is 480 g/mol. The summed E-state index contributed by atoms with van der Waals surface area (Å²) < 4.78 is 4.39. The molecule has 0 aliphatic heterocycles. The van der Waals surface area contributed by atoms with Crippen LogP contribution in [0.3, 0.4) is 0 Å². The Hall–Kier alpha value is -2.19. The molecule has 208 valence electrons. The summed E-state index contributed by atoms with van der Waals surface area (Å²) in [5, 5.41) is 7.10. The number of aryl methyl sites for hydroxylation is 1. The second-order valence-corrected chi connectivity index (χ2v) is 10.9. The molecule has 0 bridgehead atoms. The van der Waals surface area contributed by atoms with Crippen LogP contribution in [-0.2, 0) is 13.0 Å². The third-order valence-corrected chi connectivity index (χ3v) is 7.34. The number of rotatable bonds is 21. The molecule has 2 rings (SSSR count). The summed E-state index contributed by atoms with van der Waals surface area (Å²) in [7, 11) is 0. The van der Waals surface area contributed by atoms with Crippen molar-refractivity contribution in [3.05, 3.63) is 41.2 Å². The maximum atomic E-state index is 12.4. The van der Waals surface area contributed by atoms with Gasteiger partial charge < -0.3 is 10.6 Å². The predicted octanol–water partition coefficient (Wildman–Crippen LogP) is 7.14. The monoisotopic (exact) mass is 530 g/mol. The minimum atomic E-state index is -0.210. The van der Waals surface area contributed by atoms with Crippen molar-refractivity contribution in [2.75, 3.05) is 18.5 Å². The largest absolute Gasteiger partial charge is 0.336 e. The average molecular weight is 531 g/mol. The van der Waals surface area contributed by atoms with E-state index < -0.39 is 0 Å². The van der Waals surface area contributed by atoms with Crippen LogP contribution in [0.15, 0.2) is 24.3 Å². The number of nitrogens with one attached hydrogen (secondary N) is 4. The van der Waals surface area contributed by atoms with Gasteiger partial charge in [-0.25, -0.2) is 15.2 Å². The fourth-order valence-corrected chi connectivity index (χ4v) is 5.04. The van der Waals surface area contributed by atoms with E-state index in [9.17, 15) is 4.79 Å². The van der Waals surface area contributed by atoms with Crippen molar-refractivity contribution < 1.29 is 4.79 Å². The predicted molar refractivity (Wildman–Crippen MR) is 157 cm³/mol. The number of hydrogen-bond acceptors (Lipinski definition) is 6. The van der Waals surface area contributed by atoms with Crippen LogP contribution < -0.4 is 21.5 Å². The molecule has 0 saturated carbocycles. The van der Waals surface area contributed by atoms with Gasteiger partial charge in [-0.05, 0) is 31.2 Å². The Morgan fingerprint density at radius 1 is 0.973 bits per heavy atom. The lowest BCUT2D eigenvalue weighted by Crippen LogP contribution is -2.41. The number of benzene rings is 1. The topological polar surface area (TPSA) is 91.0 Å². The van der Waals surface area contributed by atoms with Gasteiger partial charge in [-0.15, -0.1) is 0 Å². The molecular formula is C29H50N6OS. The fraction of sp³-hybridized carbons (Fsp3) is 0.690. The van der Waals surface area contributed by atoms with Gasteiger partial charge in [-0.2, -0.15) is 4.37 Å². The van der Waals surface area contributed by atoms with Gasteiger partial charge in [0.25, 0.3) is 0 Å². The van der Waals surface area contributed by atoms with Gasteiger partial charge >= 0.3 is 6.03 Å². The molecule has 2 aromatic rings. The summed E-state index contributed by atoms with van der Waals surface area (Å²) in [4.78, 5) is 16.9. The lowest BCUT2D eigenvalue weighted by atomic mass is 9.94. The van der Waals surface area contributed by atoms with Crippen molar-refractivity contribution in [2.45, 2.75) is 111 Å². The van der Waals surface area contributed by atoms with Crippen molar-refractivity contribution in [3.8, 4) is 0 Å². The molecule has 1 unspecified atom stereocenters. The molecule has 8 heteroatoms. The highest BCUT2D eigenvalue weighted by Gasteiger charge is 2.11. The number of urea groups is 1. The van der Waals surface area contributed by atoms with E-state index in [4.69, 9.17) is 0 Å². The molecule has 2 amide bonds. The maximum Gasteiger partial charge on any atom is 0.333 e. The minimum Gasteiger partial charge on any atom is -0.336 e. The highest BCUT2D eigenvalue weighted by Crippen LogP contribution is 2.18. The quantitative estimate of drug-likeness (QED) is 0.102. The van der Waals surface area contributed by atoms with Crippen molar-refractivity contribution in [2.24, 2.45) is 5.92 Å². The van der Waals surface area contributed by atoms with Gasteiger partial charge in [0.1, 0.15) is 5.82 Å². The van der Waals surface area contributed by atoms with E-state index in [-0.39, 0.29) is 6.03 Å². The zero-order valence-corrected chi connectivity index (χ0v) is 24.2. The molecule has 4 N–H and O–H groups in total. The maximum absolute atomic E-state index is 12.4. The Bertz CT molecular complexity index is 858. The highest BCUT2D eigenvalue weighted by atomic mass is 32.1. The van der Waals surface area contributed by atoms with Crippen LogP contribution in [-0.4, -0.2) is 28.5 Å². The lowest BCUT2D eigenvalue weighted by molar-refractivity contribution is 0.239. The van der Waals surface area contributed by atoms with Crippen molar-refractivity contribution in [3.63, 3.8) is 0 Å². The zero-order chi connectivity index (χ0) is 26.6. The van der Waals surface area contributed by atoms with E-state index in [2.05, 4.69) is 75.9 Å². The van der Waals surface area contributed by atoms with E-state index in [1.165, 1.54) is 99.7 Å². The summed E-state index contributed by atoms with van der Waals surface area (Å²) >= 11 is 1.26. The third-order valence-electron chi connectivity index (χ3n) is 6.67. The molecule has 1 atom stereocenters. The second kappa shape index (κ2) is 19.9. The first-order chi connectivity index (χ1) is 18.1. The fourth-order valence-electron chi connectivity index (χ4n) is 4.47. The summed E-state index contributed by atoms with van der Waals surface area (Å²) in [5.41, 5.74) is 8.17.